The number of nitrogens with one attached hydrogen (secondary N) is 3. The van der Waals surface area contributed by atoms with Crippen LogP contribution in [0.3, 0.4) is 0 Å². The van der Waals surface area contributed by atoms with Crippen LogP contribution >= 0.6 is 0 Å². The lowest BCUT2D eigenvalue weighted by molar-refractivity contribution is -0.898. The smallest absolute Gasteiger partial charge is 0.275 e. The van der Waals surface area contributed by atoms with Crippen LogP contribution in [0, 0.1) is 5.92 Å². The number of rotatable bonds is 7. The second-order valence-corrected chi connectivity index (χ2v) is 8.53. The summed E-state index contributed by atoms with van der Waals surface area (Å²) in [5.74, 6) is 1.84. The Morgan fingerprint density at radius 2 is 1.90 bits per heavy atom. The van der Waals surface area contributed by atoms with Gasteiger partial charge in [-0.3, -0.25) is 4.79 Å². The summed E-state index contributed by atoms with van der Waals surface area (Å²) in [5.41, 5.74) is 3.49. The SMILES string of the molecule is COc1ccc([C@H](CNC(=O)C[NH+]2CCC(C)CC2)c2c[nH]c3ccccc23)cc1. The first kappa shape index (κ1) is 20.5. The summed E-state index contributed by atoms with van der Waals surface area (Å²) < 4.78 is 5.32. The number of carbonyl (C=O) groups is 1. The van der Waals surface area contributed by atoms with Crippen molar-refractivity contribution in [1.29, 1.82) is 0 Å². The lowest BCUT2D eigenvalue weighted by atomic mass is 9.90. The third kappa shape index (κ3) is 4.68. The number of hydrogen-bond donors (Lipinski definition) is 3. The molecule has 1 saturated heterocycles. The van der Waals surface area contributed by atoms with E-state index in [1.165, 1.54) is 34.3 Å². The molecule has 0 aliphatic carbocycles. The normalized spacial score (nSPS) is 20.1. The quantitative estimate of drug-likeness (QED) is 0.565. The van der Waals surface area contributed by atoms with E-state index in [1.54, 1.807) is 7.11 Å². The number of para-hydroxylation sites is 1. The molecule has 0 bridgehead atoms. The fraction of sp³-hybridized carbons (Fsp3) is 0.400. The lowest BCUT2D eigenvalue weighted by Crippen LogP contribution is -3.14. The highest BCUT2D eigenvalue weighted by molar-refractivity contribution is 5.84. The Kier molecular flexibility index (Phi) is 6.38. The van der Waals surface area contributed by atoms with E-state index in [4.69, 9.17) is 4.74 Å². The monoisotopic (exact) mass is 406 g/mol. The molecular formula is C25H32N3O2+. The van der Waals surface area contributed by atoms with Crippen molar-refractivity contribution in [2.24, 2.45) is 5.92 Å². The van der Waals surface area contributed by atoms with Crippen molar-refractivity contribution in [3.63, 3.8) is 0 Å². The zero-order valence-corrected chi connectivity index (χ0v) is 17.9. The molecule has 4 rings (SSSR count). The van der Waals surface area contributed by atoms with E-state index in [0.717, 1.165) is 30.3 Å². The van der Waals surface area contributed by atoms with Crippen molar-refractivity contribution < 1.29 is 14.4 Å². The number of carbonyl (C=O) groups excluding carboxylic acids is 1. The molecule has 5 nitrogen and oxygen atoms in total. The Morgan fingerprint density at radius 3 is 2.63 bits per heavy atom. The van der Waals surface area contributed by atoms with E-state index in [1.807, 2.05) is 18.2 Å². The number of quaternary nitrogens is 1. The van der Waals surface area contributed by atoms with Crippen LogP contribution in [0.4, 0.5) is 0 Å². The predicted molar refractivity (Wildman–Crippen MR) is 120 cm³/mol. The number of H-pyrrole nitrogens is 1. The Balaban J connectivity index is 1.51. The van der Waals surface area contributed by atoms with Gasteiger partial charge in [0.25, 0.3) is 5.91 Å². The molecule has 3 aromatic rings. The highest BCUT2D eigenvalue weighted by Crippen LogP contribution is 2.31. The van der Waals surface area contributed by atoms with Crippen LogP contribution in [-0.4, -0.2) is 44.2 Å². The van der Waals surface area contributed by atoms with Gasteiger partial charge in [0.1, 0.15) is 5.75 Å². The van der Waals surface area contributed by atoms with Crippen molar-refractivity contribution in [2.75, 3.05) is 33.3 Å². The lowest BCUT2D eigenvalue weighted by Gasteiger charge is -2.27. The highest BCUT2D eigenvalue weighted by atomic mass is 16.5. The predicted octanol–water partition coefficient (Wildman–Crippen LogP) is 2.74. The first-order chi connectivity index (χ1) is 14.6. The Labute approximate surface area is 178 Å². The van der Waals surface area contributed by atoms with Crippen molar-refractivity contribution >= 4 is 16.8 Å². The average Bonchev–Trinajstić information content (AvgIpc) is 3.20. The molecular weight excluding hydrogens is 374 g/mol. The largest absolute Gasteiger partial charge is 0.497 e. The third-order valence-electron chi connectivity index (χ3n) is 6.41. The molecule has 2 aromatic carbocycles. The number of fused-ring (bicyclic) bond motifs is 1. The Bertz CT molecular complexity index is 971. The van der Waals surface area contributed by atoms with Crippen LogP contribution in [0.2, 0.25) is 0 Å². The number of hydrogen-bond acceptors (Lipinski definition) is 2. The standard InChI is InChI=1S/C25H31N3O2/c1-18-11-13-28(14-12-18)17-25(29)27-15-22(19-7-9-20(30-2)10-8-19)23-16-26-24-6-4-3-5-21(23)24/h3-10,16,18,22,26H,11-15,17H2,1-2H3,(H,27,29)/p+1/t22-/m0/s1. The van der Waals surface area contributed by atoms with Crippen LogP contribution in [0.5, 0.6) is 5.75 Å². The molecule has 1 aromatic heterocycles. The molecule has 0 spiro atoms. The maximum Gasteiger partial charge on any atom is 0.275 e. The Morgan fingerprint density at radius 1 is 1.17 bits per heavy atom. The number of methoxy groups -OCH3 is 1. The summed E-state index contributed by atoms with van der Waals surface area (Å²) >= 11 is 0. The van der Waals surface area contributed by atoms with Crippen LogP contribution in [0.1, 0.15) is 36.8 Å². The van der Waals surface area contributed by atoms with Crippen molar-refractivity contribution in [2.45, 2.75) is 25.7 Å². The van der Waals surface area contributed by atoms with E-state index in [-0.39, 0.29) is 11.8 Å². The Hall–Kier alpha value is -2.79. The summed E-state index contributed by atoms with van der Waals surface area (Å²) in [6.07, 6.45) is 4.50. The number of likely N-dealkylation sites (tertiary alicyclic amines) is 1. The van der Waals surface area contributed by atoms with Crippen LogP contribution in [0.25, 0.3) is 10.9 Å². The molecule has 158 valence electrons. The molecule has 2 heterocycles. The summed E-state index contributed by atoms with van der Waals surface area (Å²) in [6.45, 7) is 5.64. The van der Waals surface area contributed by atoms with Gasteiger partial charge in [0.2, 0.25) is 0 Å². The molecule has 1 aliphatic heterocycles. The molecule has 3 N–H and O–H groups in total. The molecule has 0 unspecified atom stereocenters. The van der Waals surface area contributed by atoms with Crippen molar-refractivity contribution in [1.82, 2.24) is 10.3 Å². The van der Waals surface area contributed by atoms with E-state index < -0.39 is 0 Å². The van der Waals surface area contributed by atoms with Crippen LogP contribution < -0.4 is 15.0 Å². The minimum atomic E-state index is 0.0763. The van der Waals surface area contributed by atoms with E-state index >= 15 is 0 Å². The van der Waals surface area contributed by atoms with Crippen molar-refractivity contribution in [3.8, 4) is 5.75 Å². The number of aromatic amines is 1. The molecule has 1 aliphatic rings. The van der Waals surface area contributed by atoms with Crippen LogP contribution in [0.15, 0.2) is 54.7 Å². The van der Waals surface area contributed by atoms with E-state index in [2.05, 4.69) is 53.8 Å². The minimum absolute atomic E-state index is 0.0763. The molecule has 0 saturated carbocycles. The number of benzene rings is 2. The number of ether oxygens (including phenoxy) is 1. The molecule has 5 heteroatoms. The fourth-order valence-electron chi connectivity index (χ4n) is 4.48. The van der Waals surface area contributed by atoms with Gasteiger partial charge in [-0.1, -0.05) is 37.3 Å². The maximum absolute atomic E-state index is 12.7. The molecule has 1 amide bonds. The van der Waals surface area contributed by atoms with Gasteiger partial charge in [0, 0.05) is 29.6 Å². The number of piperidine rings is 1. The highest BCUT2D eigenvalue weighted by Gasteiger charge is 2.23. The zero-order valence-electron chi connectivity index (χ0n) is 17.9. The molecule has 1 fully saturated rings. The van der Waals surface area contributed by atoms with Gasteiger partial charge in [-0.15, -0.1) is 0 Å². The summed E-state index contributed by atoms with van der Waals surface area (Å²) in [4.78, 5) is 17.5. The fourth-order valence-corrected chi connectivity index (χ4v) is 4.48. The molecule has 0 radical (unpaired) electrons. The zero-order chi connectivity index (χ0) is 20.9. The van der Waals surface area contributed by atoms with Crippen molar-refractivity contribution in [3.05, 3.63) is 65.9 Å². The summed E-state index contributed by atoms with van der Waals surface area (Å²) in [7, 11) is 1.68. The van der Waals surface area contributed by atoms with E-state index in [0.29, 0.717) is 13.1 Å². The first-order valence-electron chi connectivity index (χ1n) is 10.9. The summed E-state index contributed by atoms with van der Waals surface area (Å²) in [5, 5.41) is 4.41. The topological polar surface area (TPSA) is 58.6 Å². The first-order valence-corrected chi connectivity index (χ1v) is 10.9. The van der Waals surface area contributed by atoms with Gasteiger partial charge in [0.05, 0.1) is 20.2 Å². The minimum Gasteiger partial charge on any atom is -0.497 e. The average molecular weight is 407 g/mol. The van der Waals surface area contributed by atoms with E-state index in [9.17, 15) is 4.79 Å². The second kappa shape index (κ2) is 9.35. The molecule has 1 atom stereocenters. The van der Waals surface area contributed by atoms with Gasteiger partial charge >= 0.3 is 0 Å². The second-order valence-electron chi connectivity index (χ2n) is 8.53. The number of amides is 1. The maximum atomic E-state index is 12.7. The van der Waals surface area contributed by atoms with Gasteiger partial charge < -0.3 is 19.9 Å². The van der Waals surface area contributed by atoms with Crippen LogP contribution in [-0.2, 0) is 4.79 Å². The van der Waals surface area contributed by atoms with Gasteiger partial charge in [-0.05, 0) is 48.1 Å². The third-order valence-corrected chi connectivity index (χ3v) is 6.41. The number of aromatic nitrogens is 1. The van der Waals surface area contributed by atoms with Gasteiger partial charge in [-0.25, -0.2) is 0 Å². The van der Waals surface area contributed by atoms with Gasteiger partial charge in [-0.2, -0.15) is 0 Å². The molecule has 30 heavy (non-hydrogen) atoms. The summed E-state index contributed by atoms with van der Waals surface area (Å²) in [6, 6.07) is 16.5. The van der Waals surface area contributed by atoms with Gasteiger partial charge in [0.15, 0.2) is 6.54 Å².